The highest BCUT2D eigenvalue weighted by molar-refractivity contribution is 6.16. The molecule has 44 heavy (non-hydrogen) atoms. The van der Waals surface area contributed by atoms with Crippen LogP contribution in [0.15, 0.2) is 24.3 Å². The van der Waals surface area contributed by atoms with E-state index in [1.54, 1.807) is 12.1 Å². The minimum Gasteiger partial charge on any atom is -0.508 e. The quantitative estimate of drug-likeness (QED) is 0.389. The van der Waals surface area contributed by atoms with Gasteiger partial charge in [0.25, 0.3) is 5.91 Å². The number of ether oxygens (including phenoxy) is 1. The maximum absolute atomic E-state index is 15.0. The largest absolute Gasteiger partial charge is 0.508 e. The lowest BCUT2D eigenvalue weighted by molar-refractivity contribution is 0.0996. The van der Waals surface area contributed by atoms with Crippen molar-refractivity contribution >= 4 is 28.2 Å². The second kappa shape index (κ2) is 11.1. The van der Waals surface area contributed by atoms with Crippen LogP contribution in [0.3, 0.4) is 0 Å². The number of carbonyl (C=O) groups is 1. The van der Waals surface area contributed by atoms with Crippen LogP contribution in [0.25, 0.3) is 10.8 Å². The first-order valence-corrected chi connectivity index (χ1v) is 15.6. The number of nitrogens with zero attached hydrogens (tertiary/aromatic N) is 6. The molecule has 0 aliphatic carbocycles. The number of piperidine rings is 1. The Hall–Kier alpha value is -4.04. The van der Waals surface area contributed by atoms with Gasteiger partial charge >= 0.3 is 6.01 Å². The highest BCUT2D eigenvalue weighted by atomic mass is 19.1. The van der Waals surface area contributed by atoms with E-state index in [4.69, 9.17) is 14.7 Å². The normalized spacial score (nSPS) is 25.0. The number of anilines is 2. The van der Waals surface area contributed by atoms with Crippen molar-refractivity contribution in [2.24, 2.45) is 5.92 Å². The Kier molecular flexibility index (Phi) is 7.28. The molecule has 3 fully saturated rings. The number of amides is 1. The number of aromatic nitrogens is 2. The Balaban J connectivity index is 1.29. The second-order valence-corrected chi connectivity index (χ2v) is 12.7. The number of hydrogen-bond acceptors (Lipinski definition) is 8. The summed E-state index contributed by atoms with van der Waals surface area (Å²) < 4.78 is 35.7. The van der Waals surface area contributed by atoms with Crippen LogP contribution in [0.4, 0.5) is 20.3 Å². The summed E-state index contributed by atoms with van der Waals surface area (Å²) in [4.78, 5) is 29.5. The van der Waals surface area contributed by atoms with Crippen LogP contribution in [0.1, 0.15) is 67.1 Å². The number of phenolic OH excluding ortho intramolecular Hbond substituents is 1. The van der Waals surface area contributed by atoms with Crippen LogP contribution >= 0.6 is 0 Å². The van der Waals surface area contributed by atoms with E-state index in [1.807, 2.05) is 11.8 Å². The standard InChI is InChI=1S/C33H36F2N6O3/c1-2-24-25(35)7-6-21-13-23(42)14-27(28(21)24)41-18-26-29(31(41)43)30(39-11-3-5-20(16-39)8-10-36)38-32(37-26)44-19-33-9-4-12-40(33)17-22(34)15-33/h6-7,13-14,20,22,42H,2-5,8-9,11-12,15-19H2,1H3/t20?,22-,33+/m1/s1. The van der Waals surface area contributed by atoms with Crippen LogP contribution in [-0.4, -0.2) is 70.4 Å². The molecule has 0 bridgehead atoms. The van der Waals surface area contributed by atoms with E-state index in [-0.39, 0.29) is 48.1 Å². The van der Waals surface area contributed by atoms with E-state index in [0.717, 1.165) is 32.2 Å². The van der Waals surface area contributed by atoms with Gasteiger partial charge in [-0.3, -0.25) is 9.69 Å². The van der Waals surface area contributed by atoms with E-state index < -0.39 is 6.17 Å². The number of nitriles is 1. The summed E-state index contributed by atoms with van der Waals surface area (Å²) in [5, 5.41) is 21.2. The van der Waals surface area contributed by atoms with Gasteiger partial charge in [0.1, 0.15) is 35.7 Å². The van der Waals surface area contributed by atoms with E-state index in [2.05, 4.69) is 11.0 Å². The lowest BCUT2D eigenvalue weighted by Crippen LogP contribution is -2.43. The minimum absolute atomic E-state index is 0.0290. The van der Waals surface area contributed by atoms with Crippen molar-refractivity contribution in [2.75, 3.05) is 42.6 Å². The highest BCUT2D eigenvalue weighted by Gasteiger charge is 2.49. The van der Waals surface area contributed by atoms with Gasteiger partial charge in [-0.15, -0.1) is 0 Å². The lowest BCUT2D eigenvalue weighted by Gasteiger charge is -2.34. The van der Waals surface area contributed by atoms with E-state index in [1.165, 1.54) is 17.0 Å². The third-order valence-electron chi connectivity index (χ3n) is 9.92. The summed E-state index contributed by atoms with van der Waals surface area (Å²) in [6.45, 7) is 4.71. The van der Waals surface area contributed by atoms with Crippen LogP contribution in [-0.2, 0) is 13.0 Å². The molecular formula is C33H36F2N6O3. The smallest absolute Gasteiger partial charge is 0.318 e. The van der Waals surface area contributed by atoms with Gasteiger partial charge in [-0.1, -0.05) is 13.0 Å². The molecule has 1 aromatic heterocycles. The molecule has 3 aromatic rings. The molecule has 1 unspecified atom stereocenters. The van der Waals surface area contributed by atoms with Crippen LogP contribution in [0, 0.1) is 23.1 Å². The Morgan fingerprint density at radius 1 is 1.20 bits per heavy atom. The van der Waals surface area contributed by atoms with Crippen molar-refractivity contribution in [1.29, 1.82) is 5.26 Å². The van der Waals surface area contributed by atoms with Crippen molar-refractivity contribution in [2.45, 2.75) is 70.1 Å². The van der Waals surface area contributed by atoms with Gasteiger partial charge in [0.15, 0.2) is 0 Å². The van der Waals surface area contributed by atoms with Gasteiger partial charge < -0.3 is 19.6 Å². The molecule has 11 heteroatoms. The number of alkyl halides is 1. The number of fused-ring (bicyclic) bond motifs is 3. The number of rotatable bonds is 7. The molecule has 9 nitrogen and oxygen atoms in total. The summed E-state index contributed by atoms with van der Waals surface area (Å²) in [6, 6.07) is 8.48. The van der Waals surface area contributed by atoms with Gasteiger partial charge in [0, 0.05) is 43.9 Å². The second-order valence-electron chi connectivity index (χ2n) is 12.7. The summed E-state index contributed by atoms with van der Waals surface area (Å²) >= 11 is 0. The summed E-state index contributed by atoms with van der Waals surface area (Å²) in [6.07, 6.45) is 3.96. The van der Waals surface area contributed by atoms with E-state index in [9.17, 15) is 23.9 Å². The molecule has 1 amide bonds. The molecule has 7 rings (SSSR count). The topological polar surface area (TPSA) is 106 Å². The number of carbonyl (C=O) groups excluding carboxylic acids is 1. The van der Waals surface area contributed by atoms with Gasteiger partial charge in [0.05, 0.1) is 29.5 Å². The number of benzene rings is 2. The van der Waals surface area contributed by atoms with Crippen LogP contribution in [0.5, 0.6) is 11.8 Å². The van der Waals surface area contributed by atoms with E-state index in [0.29, 0.717) is 78.0 Å². The van der Waals surface area contributed by atoms with Gasteiger partial charge in [-0.25, -0.2) is 8.78 Å². The minimum atomic E-state index is -0.887. The Labute approximate surface area is 255 Å². The summed E-state index contributed by atoms with van der Waals surface area (Å²) in [5.41, 5.74) is 1.34. The molecule has 1 N–H and O–H groups in total. The maximum Gasteiger partial charge on any atom is 0.318 e. The average molecular weight is 603 g/mol. The molecule has 230 valence electrons. The maximum atomic E-state index is 15.0. The first-order valence-electron chi connectivity index (χ1n) is 15.6. The van der Waals surface area contributed by atoms with Crippen molar-refractivity contribution in [1.82, 2.24) is 14.9 Å². The molecular weight excluding hydrogens is 566 g/mol. The Bertz CT molecular complexity index is 1680. The molecule has 4 aliphatic heterocycles. The summed E-state index contributed by atoms with van der Waals surface area (Å²) in [7, 11) is 0. The fraction of sp³-hybridized carbons (Fsp3) is 0.515. The van der Waals surface area contributed by atoms with Crippen LogP contribution < -0.4 is 14.5 Å². The van der Waals surface area contributed by atoms with Crippen molar-refractivity contribution < 1.29 is 23.4 Å². The number of halogens is 2. The van der Waals surface area contributed by atoms with Gasteiger partial charge in [0.2, 0.25) is 0 Å². The van der Waals surface area contributed by atoms with E-state index >= 15 is 0 Å². The van der Waals surface area contributed by atoms with Crippen LogP contribution in [0.2, 0.25) is 0 Å². The highest BCUT2D eigenvalue weighted by Crippen LogP contribution is 2.43. The molecule has 0 saturated carbocycles. The zero-order valence-electron chi connectivity index (χ0n) is 24.9. The number of aromatic hydroxyl groups is 1. The monoisotopic (exact) mass is 602 g/mol. The van der Waals surface area contributed by atoms with Gasteiger partial charge in [-0.2, -0.15) is 15.2 Å². The Morgan fingerprint density at radius 3 is 2.89 bits per heavy atom. The first-order chi connectivity index (χ1) is 21.3. The predicted molar refractivity (Wildman–Crippen MR) is 161 cm³/mol. The molecule has 0 radical (unpaired) electrons. The molecule has 2 aromatic carbocycles. The fourth-order valence-electron chi connectivity index (χ4n) is 7.89. The molecule has 4 aliphatic rings. The lowest BCUT2D eigenvalue weighted by atomic mass is 9.95. The Morgan fingerprint density at radius 2 is 2.07 bits per heavy atom. The zero-order valence-corrected chi connectivity index (χ0v) is 24.9. The third-order valence-corrected chi connectivity index (χ3v) is 9.92. The zero-order chi connectivity index (χ0) is 30.6. The molecule has 0 spiro atoms. The van der Waals surface area contributed by atoms with Gasteiger partial charge in [-0.05, 0) is 67.6 Å². The fourth-order valence-corrected chi connectivity index (χ4v) is 7.89. The number of aryl methyl sites for hydroxylation is 1. The molecule has 5 heterocycles. The first kappa shape index (κ1) is 28.7. The van der Waals surface area contributed by atoms with Crippen molar-refractivity contribution in [3.63, 3.8) is 0 Å². The third kappa shape index (κ3) is 4.80. The SMILES string of the molecule is CCc1c(F)ccc2cc(O)cc(N3Cc4nc(OC[C@@]56CCCN5C[C@H](F)C6)nc(N5CCCC(CC#N)C5)c4C3=O)c12. The molecule has 3 saturated heterocycles. The number of phenols is 1. The molecule has 3 atom stereocenters. The van der Waals surface area contributed by atoms with Crippen molar-refractivity contribution in [3.8, 4) is 17.8 Å². The average Bonchev–Trinajstić information content (AvgIpc) is 3.65. The summed E-state index contributed by atoms with van der Waals surface area (Å²) in [5.74, 6) is -0.126. The number of hydrogen-bond donors (Lipinski definition) is 1. The predicted octanol–water partition coefficient (Wildman–Crippen LogP) is 5.28. The van der Waals surface area contributed by atoms with Crippen molar-refractivity contribution in [3.05, 3.63) is 46.9 Å².